The van der Waals surface area contributed by atoms with Gasteiger partial charge in [-0.25, -0.2) is 5.43 Å². The number of aromatic nitrogens is 1. The third-order valence-electron chi connectivity index (χ3n) is 4.25. The molecular formula is C22H21N3O4. The van der Waals surface area contributed by atoms with E-state index < -0.39 is 11.5 Å². The number of carbonyl (C=O) groups excluding carboxylic acids is 1. The molecule has 1 N–H and O–H groups in total. The fraction of sp³-hybridized carbons (Fsp3) is 0.136. The maximum Gasteiger partial charge on any atom is 0.276 e. The first kappa shape index (κ1) is 19.9. The molecule has 0 radical (unpaired) electrons. The number of amides is 1. The molecule has 0 aliphatic carbocycles. The summed E-state index contributed by atoms with van der Waals surface area (Å²) in [6.45, 7) is 0.344. The molecule has 0 aliphatic rings. The Morgan fingerprint density at radius 3 is 2.52 bits per heavy atom. The second kappa shape index (κ2) is 9.36. The van der Waals surface area contributed by atoms with Crippen molar-refractivity contribution in [3.05, 3.63) is 93.9 Å². The first-order chi connectivity index (χ1) is 14.1. The van der Waals surface area contributed by atoms with E-state index in [1.54, 1.807) is 32.5 Å². The normalized spacial score (nSPS) is 10.7. The number of carbonyl (C=O) groups is 1. The summed E-state index contributed by atoms with van der Waals surface area (Å²) in [6.07, 6.45) is 3.13. The molecule has 3 rings (SSSR count). The van der Waals surface area contributed by atoms with Gasteiger partial charge >= 0.3 is 0 Å². The molecular weight excluding hydrogens is 370 g/mol. The topological polar surface area (TPSA) is 81.9 Å². The van der Waals surface area contributed by atoms with Gasteiger partial charge in [0.05, 0.1) is 27.0 Å². The predicted octanol–water partition coefficient (Wildman–Crippen LogP) is 2.68. The number of ether oxygens (including phenoxy) is 2. The van der Waals surface area contributed by atoms with Crippen molar-refractivity contribution in [2.45, 2.75) is 6.54 Å². The molecule has 0 spiro atoms. The summed E-state index contributed by atoms with van der Waals surface area (Å²) in [5, 5.41) is 3.93. The van der Waals surface area contributed by atoms with Crippen molar-refractivity contribution in [3.8, 4) is 11.5 Å². The van der Waals surface area contributed by atoms with Crippen LogP contribution in [0.15, 0.2) is 76.8 Å². The van der Waals surface area contributed by atoms with E-state index in [1.165, 1.54) is 16.8 Å². The van der Waals surface area contributed by atoms with Gasteiger partial charge in [0, 0.05) is 6.20 Å². The maximum atomic E-state index is 12.7. The molecule has 0 unspecified atom stereocenters. The molecule has 0 aliphatic heterocycles. The van der Waals surface area contributed by atoms with Crippen LogP contribution >= 0.6 is 0 Å². The van der Waals surface area contributed by atoms with Gasteiger partial charge in [-0.2, -0.15) is 5.10 Å². The van der Waals surface area contributed by atoms with E-state index >= 15 is 0 Å². The lowest BCUT2D eigenvalue weighted by molar-refractivity contribution is 0.0953. The lowest BCUT2D eigenvalue weighted by atomic mass is 10.2. The van der Waals surface area contributed by atoms with Gasteiger partial charge in [0.15, 0.2) is 0 Å². The number of hydrazone groups is 1. The summed E-state index contributed by atoms with van der Waals surface area (Å²) < 4.78 is 11.8. The van der Waals surface area contributed by atoms with Crippen molar-refractivity contribution < 1.29 is 14.3 Å². The van der Waals surface area contributed by atoms with Gasteiger partial charge in [0.25, 0.3) is 11.5 Å². The van der Waals surface area contributed by atoms with E-state index in [0.717, 1.165) is 16.9 Å². The van der Waals surface area contributed by atoms with Gasteiger partial charge < -0.3 is 14.0 Å². The first-order valence-electron chi connectivity index (χ1n) is 8.90. The summed E-state index contributed by atoms with van der Waals surface area (Å²) in [4.78, 5) is 25.1. The Kier molecular flexibility index (Phi) is 6.42. The number of hydrogen-bond acceptors (Lipinski definition) is 5. The molecule has 1 heterocycles. The highest BCUT2D eigenvalue weighted by atomic mass is 16.5. The van der Waals surface area contributed by atoms with Crippen molar-refractivity contribution in [3.63, 3.8) is 0 Å². The quantitative estimate of drug-likeness (QED) is 0.496. The number of hydrogen-bond donors (Lipinski definition) is 1. The van der Waals surface area contributed by atoms with Crippen LogP contribution in [0.5, 0.6) is 11.5 Å². The van der Waals surface area contributed by atoms with Gasteiger partial charge in [0.1, 0.15) is 17.1 Å². The fourth-order valence-corrected chi connectivity index (χ4v) is 2.71. The Morgan fingerprint density at radius 2 is 1.79 bits per heavy atom. The summed E-state index contributed by atoms with van der Waals surface area (Å²) in [7, 11) is 3.17. The molecule has 0 saturated carbocycles. The van der Waals surface area contributed by atoms with Crippen LogP contribution in [0.1, 0.15) is 21.5 Å². The van der Waals surface area contributed by atoms with Crippen molar-refractivity contribution in [1.82, 2.24) is 9.99 Å². The minimum atomic E-state index is -0.571. The lowest BCUT2D eigenvalue weighted by Crippen LogP contribution is -2.30. The van der Waals surface area contributed by atoms with Crippen LogP contribution in [0.4, 0.5) is 0 Å². The molecule has 1 amide bonds. The molecule has 0 atom stereocenters. The SMILES string of the molecule is COc1ccc(Cn2cccc(C(=O)N/N=C\c3cccc(OC)c3)c2=O)cc1. The molecule has 3 aromatic rings. The highest BCUT2D eigenvalue weighted by Crippen LogP contribution is 2.12. The third kappa shape index (κ3) is 5.10. The summed E-state index contributed by atoms with van der Waals surface area (Å²) in [5.41, 5.74) is 3.69. The largest absolute Gasteiger partial charge is 0.497 e. The molecule has 7 nitrogen and oxygen atoms in total. The Balaban J connectivity index is 1.71. The molecule has 0 fully saturated rings. The fourth-order valence-electron chi connectivity index (χ4n) is 2.71. The van der Waals surface area contributed by atoms with E-state index in [4.69, 9.17) is 9.47 Å². The number of pyridine rings is 1. The molecule has 0 saturated heterocycles. The first-order valence-corrected chi connectivity index (χ1v) is 8.90. The van der Waals surface area contributed by atoms with E-state index in [2.05, 4.69) is 10.5 Å². The second-order valence-corrected chi connectivity index (χ2v) is 6.18. The van der Waals surface area contributed by atoms with Crippen molar-refractivity contribution in [2.75, 3.05) is 14.2 Å². The molecule has 0 bridgehead atoms. The van der Waals surface area contributed by atoms with E-state index in [-0.39, 0.29) is 5.56 Å². The van der Waals surface area contributed by atoms with Gasteiger partial charge in [-0.15, -0.1) is 0 Å². The van der Waals surface area contributed by atoms with E-state index in [9.17, 15) is 9.59 Å². The summed E-state index contributed by atoms with van der Waals surface area (Å²) in [6, 6.07) is 17.8. The number of nitrogens with one attached hydrogen (secondary N) is 1. The van der Waals surface area contributed by atoms with Gasteiger partial charge in [-0.3, -0.25) is 9.59 Å². The van der Waals surface area contributed by atoms with E-state index in [0.29, 0.717) is 12.3 Å². The number of nitrogens with zero attached hydrogens (tertiary/aromatic N) is 2. The number of benzene rings is 2. The Labute approximate surface area is 168 Å². The number of rotatable bonds is 7. The lowest BCUT2D eigenvalue weighted by Gasteiger charge is -2.08. The van der Waals surface area contributed by atoms with Crippen LogP contribution in [0, 0.1) is 0 Å². The van der Waals surface area contributed by atoms with Crippen LogP contribution in [0.3, 0.4) is 0 Å². The maximum absolute atomic E-state index is 12.7. The molecule has 1 aromatic heterocycles. The van der Waals surface area contributed by atoms with Gasteiger partial charge in [0.2, 0.25) is 0 Å². The van der Waals surface area contributed by atoms with Crippen LogP contribution < -0.4 is 20.5 Å². The zero-order valence-corrected chi connectivity index (χ0v) is 16.2. The van der Waals surface area contributed by atoms with Crippen LogP contribution in [-0.2, 0) is 6.54 Å². The van der Waals surface area contributed by atoms with Gasteiger partial charge in [-0.05, 0) is 47.5 Å². The monoisotopic (exact) mass is 391 g/mol. The predicted molar refractivity (Wildman–Crippen MR) is 111 cm³/mol. The zero-order chi connectivity index (χ0) is 20.6. The third-order valence-corrected chi connectivity index (χ3v) is 4.25. The minimum absolute atomic E-state index is 0.0174. The summed E-state index contributed by atoms with van der Waals surface area (Å²) >= 11 is 0. The Morgan fingerprint density at radius 1 is 1.03 bits per heavy atom. The minimum Gasteiger partial charge on any atom is -0.497 e. The molecule has 148 valence electrons. The van der Waals surface area contributed by atoms with Gasteiger partial charge in [-0.1, -0.05) is 24.3 Å². The van der Waals surface area contributed by atoms with Crippen LogP contribution in [0.2, 0.25) is 0 Å². The van der Waals surface area contributed by atoms with Crippen LogP contribution in [-0.4, -0.2) is 30.9 Å². The molecule has 7 heteroatoms. The van der Waals surface area contributed by atoms with Crippen molar-refractivity contribution in [2.24, 2.45) is 5.10 Å². The number of methoxy groups -OCH3 is 2. The zero-order valence-electron chi connectivity index (χ0n) is 16.2. The molecule has 29 heavy (non-hydrogen) atoms. The average Bonchev–Trinajstić information content (AvgIpc) is 2.76. The summed E-state index contributed by atoms with van der Waals surface area (Å²) in [5.74, 6) is 0.853. The van der Waals surface area contributed by atoms with Crippen molar-refractivity contribution >= 4 is 12.1 Å². The Hall–Kier alpha value is -3.87. The van der Waals surface area contributed by atoms with Crippen molar-refractivity contribution in [1.29, 1.82) is 0 Å². The molecule has 2 aromatic carbocycles. The highest BCUT2D eigenvalue weighted by molar-refractivity contribution is 5.94. The second-order valence-electron chi connectivity index (χ2n) is 6.18. The highest BCUT2D eigenvalue weighted by Gasteiger charge is 2.11. The van der Waals surface area contributed by atoms with E-state index in [1.807, 2.05) is 42.5 Å². The van der Waals surface area contributed by atoms with Crippen LogP contribution in [0.25, 0.3) is 0 Å². The smallest absolute Gasteiger partial charge is 0.276 e. The Bertz CT molecular complexity index is 1070. The average molecular weight is 391 g/mol. The standard InChI is InChI=1S/C22H21N3O4/c1-28-18-10-8-16(9-11-18)15-25-12-4-7-20(22(25)27)21(26)24-23-14-17-5-3-6-19(13-17)29-2/h3-14H,15H2,1-2H3,(H,24,26)/b23-14-.